The number of nitrogens with two attached hydrogens (primary N) is 2. The highest BCUT2D eigenvalue weighted by Crippen LogP contribution is 2.34. The molecule has 1 aromatic heterocycles. The van der Waals surface area contributed by atoms with Crippen LogP contribution < -0.4 is 27.1 Å². The number of nitrogens with zero attached hydrogens (tertiary/aromatic N) is 2. The Balaban J connectivity index is 1.50. The third kappa shape index (κ3) is 4.72. The molecule has 8 nitrogen and oxygen atoms in total. The molecule has 1 saturated carbocycles. The number of benzene rings is 2. The van der Waals surface area contributed by atoms with Gasteiger partial charge in [-0.05, 0) is 68.1 Å². The maximum atomic E-state index is 14.4. The second-order valence-corrected chi connectivity index (χ2v) is 7.48. The van der Waals surface area contributed by atoms with Gasteiger partial charge in [0.2, 0.25) is 0 Å². The fourth-order valence-electron chi connectivity index (χ4n) is 3.18. The van der Waals surface area contributed by atoms with Crippen molar-refractivity contribution in [3.05, 3.63) is 60.0 Å². The molecule has 0 aliphatic heterocycles. The summed E-state index contributed by atoms with van der Waals surface area (Å²) in [5.41, 5.74) is 9.20. The predicted molar refractivity (Wildman–Crippen MR) is 117 cm³/mol. The molecule has 9 heteroatoms. The summed E-state index contributed by atoms with van der Waals surface area (Å²) in [4.78, 5) is 21.0. The van der Waals surface area contributed by atoms with E-state index in [0.717, 1.165) is 5.75 Å². The van der Waals surface area contributed by atoms with Crippen LogP contribution in [0.25, 0.3) is 11.4 Å². The second-order valence-electron chi connectivity index (χ2n) is 7.48. The van der Waals surface area contributed by atoms with Crippen LogP contribution in [0, 0.1) is 11.7 Å². The Kier molecular flexibility index (Phi) is 5.68. The molecular weight excluding hydrogens is 399 g/mol. The maximum Gasteiger partial charge on any atom is 0.258 e. The fourth-order valence-corrected chi connectivity index (χ4v) is 3.18. The topological polar surface area (TPSA) is 128 Å². The molecule has 6 N–H and O–H groups in total. The molecule has 1 aliphatic carbocycles. The average molecular weight is 422 g/mol. The molecule has 160 valence electrons. The minimum atomic E-state index is -0.660. The standard InChI is InChI=1S/C22H23FN6O2/c1-12(13-2-3-13)31-16-7-5-15(6-8-16)27-22(30)17-10-14(4-9-18(17)23)20-26-11-19(24)21(28-20)29-25/h4-13H,2-3,24-25H2,1H3,(H,27,30)(H,26,28,29)/t12-/m1/s1. The molecule has 0 saturated heterocycles. The van der Waals surface area contributed by atoms with Crippen LogP contribution in [0.4, 0.5) is 21.6 Å². The van der Waals surface area contributed by atoms with Crippen molar-refractivity contribution in [2.75, 3.05) is 16.5 Å². The zero-order valence-electron chi connectivity index (χ0n) is 16.9. The van der Waals surface area contributed by atoms with Crippen molar-refractivity contribution in [2.24, 2.45) is 11.8 Å². The van der Waals surface area contributed by atoms with Gasteiger partial charge in [-0.15, -0.1) is 0 Å². The van der Waals surface area contributed by atoms with Crippen molar-refractivity contribution in [2.45, 2.75) is 25.9 Å². The molecule has 31 heavy (non-hydrogen) atoms. The van der Waals surface area contributed by atoms with Gasteiger partial charge in [0.1, 0.15) is 11.6 Å². The number of hydrazine groups is 1. The van der Waals surface area contributed by atoms with Gasteiger partial charge >= 0.3 is 0 Å². The van der Waals surface area contributed by atoms with Gasteiger partial charge in [-0.1, -0.05) is 0 Å². The molecule has 1 amide bonds. The molecule has 0 radical (unpaired) electrons. The molecule has 0 bridgehead atoms. The summed E-state index contributed by atoms with van der Waals surface area (Å²) in [5.74, 6) is 5.98. The Hall–Kier alpha value is -3.72. The Bertz CT molecular complexity index is 1100. The molecular formula is C22H23FN6O2. The third-order valence-corrected chi connectivity index (χ3v) is 5.14. The Morgan fingerprint density at radius 3 is 2.65 bits per heavy atom. The first kappa shape index (κ1) is 20.5. The normalized spacial score (nSPS) is 14.0. The van der Waals surface area contributed by atoms with E-state index in [9.17, 15) is 9.18 Å². The van der Waals surface area contributed by atoms with E-state index in [-0.39, 0.29) is 29.0 Å². The molecule has 1 fully saturated rings. The number of amides is 1. The lowest BCUT2D eigenvalue weighted by molar-refractivity contribution is 0.102. The van der Waals surface area contributed by atoms with Crippen LogP contribution in [0.15, 0.2) is 48.7 Å². The van der Waals surface area contributed by atoms with E-state index in [0.29, 0.717) is 17.2 Å². The lowest BCUT2D eigenvalue weighted by Gasteiger charge is -2.14. The van der Waals surface area contributed by atoms with Gasteiger partial charge in [0.05, 0.1) is 23.6 Å². The number of carbonyl (C=O) groups is 1. The van der Waals surface area contributed by atoms with Crippen LogP contribution in [0.1, 0.15) is 30.1 Å². The van der Waals surface area contributed by atoms with Crippen LogP contribution in [-0.2, 0) is 0 Å². The van der Waals surface area contributed by atoms with Crippen molar-refractivity contribution in [3.63, 3.8) is 0 Å². The molecule has 1 atom stereocenters. The summed E-state index contributed by atoms with van der Waals surface area (Å²) >= 11 is 0. The van der Waals surface area contributed by atoms with Gasteiger partial charge < -0.3 is 21.2 Å². The molecule has 0 unspecified atom stereocenters. The van der Waals surface area contributed by atoms with Crippen LogP contribution in [-0.4, -0.2) is 22.0 Å². The maximum absolute atomic E-state index is 14.4. The van der Waals surface area contributed by atoms with E-state index in [1.165, 1.54) is 37.2 Å². The molecule has 3 aromatic rings. The van der Waals surface area contributed by atoms with E-state index in [1.807, 2.05) is 0 Å². The van der Waals surface area contributed by atoms with Crippen molar-refractivity contribution >= 4 is 23.1 Å². The van der Waals surface area contributed by atoms with Crippen LogP contribution >= 0.6 is 0 Å². The fraction of sp³-hybridized carbons (Fsp3) is 0.227. The first-order valence-corrected chi connectivity index (χ1v) is 9.91. The number of aromatic nitrogens is 2. The average Bonchev–Trinajstić information content (AvgIpc) is 3.61. The van der Waals surface area contributed by atoms with E-state index in [1.54, 1.807) is 24.3 Å². The zero-order chi connectivity index (χ0) is 22.0. The van der Waals surface area contributed by atoms with Crippen molar-refractivity contribution in [1.82, 2.24) is 9.97 Å². The minimum Gasteiger partial charge on any atom is -0.490 e. The first-order valence-electron chi connectivity index (χ1n) is 9.91. The zero-order valence-corrected chi connectivity index (χ0v) is 16.9. The van der Waals surface area contributed by atoms with Gasteiger partial charge in [-0.3, -0.25) is 4.79 Å². The molecule has 1 heterocycles. The third-order valence-electron chi connectivity index (χ3n) is 5.14. The van der Waals surface area contributed by atoms with Crippen molar-refractivity contribution in [3.8, 4) is 17.1 Å². The van der Waals surface area contributed by atoms with E-state index in [4.69, 9.17) is 16.3 Å². The van der Waals surface area contributed by atoms with Crippen LogP contribution in [0.5, 0.6) is 5.75 Å². The van der Waals surface area contributed by atoms with Crippen molar-refractivity contribution in [1.29, 1.82) is 0 Å². The Morgan fingerprint density at radius 2 is 1.97 bits per heavy atom. The van der Waals surface area contributed by atoms with Gasteiger partial charge in [-0.25, -0.2) is 20.2 Å². The molecule has 0 spiro atoms. The van der Waals surface area contributed by atoms with Crippen molar-refractivity contribution < 1.29 is 13.9 Å². The number of carbonyl (C=O) groups excluding carboxylic acids is 1. The summed E-state index contributed by atoms with van der Waals surface area (Å²) in [6, 6.07) is 11.1. The summed E-state index contributed by atoms with van der Waals surface area (Å²) < 4.78 is 20.2. The largest absolute Gasteiger partial charge is 0.490 e. The predicted octanol–water partition coefficient (Wildman–Crippen LogP) is 3.58. The van der Waals surface area contributed by atoms with Crippen LogP contribution in [0.2, 0.25) is 0 Å². The SMILES string of the molecule is C[C@@H](Oc1ccc(NC(=O)c2cc(-c3ncc(N)c(NN)n3)ccc2F)cc1)C1CC1. The summed E-state index contributed by atoms with van der Waals surface area (Å²) in [5, 5.41) is 2.70. The number of rotatable bonds is 7. The van der Waals surface area contributed by atoms with E-state index in [2.05, 4.69) is 27.6 Å². The highest BCUT2D eigenvalue weighted by molar-refractivity contribution is 6.05. The van der Waals surface area contributed by atoms with Gasteiger partial charge in [-0.2, -0.15) is 0 Å². The highest BCUT2D eigenvalue weighted by Gasteiger charge is 2.29. The van der Waals surface area contributed by atoms with Gasteiger partial charge in [0.25, 0.3) is 5.91 Å². The number of ether oxygens (including phenoxy) is 1. The number of nitrogens with one attached hydrogen (secondary N) is 2. The Labute approximate surface area is 178 Å². The van der Waals surface area contributed by atoms with Crippen LogP contribution in [0.3, 0.4) is 0 Å². The monoisotopic (exact) mass is 422 g/mol. The number of anilines is 3. The molecule has 2 aromatic carbocycles. The second kappa shape index (κ2) is 8.57. The lowest BCUT2D eigenvalue weighted by Crippen LogP contribution is -2.15. The number of halogens is 1. The number of nitrogen functional groups attached to an aromatic ring is 2. The molecule has 1 aliphatic rings. The minimum absolute atomic E-state index is 0.136. The van der Waals surface area contributed by atoms with Gasteiger partial charge in [0, 0.05) is 11.3 Å². The van der Waals surface area contributed by atoms with E-state index < -0.39 is 11.7 Å². The number of hydrogen-bond donors (Lipinski definition) is 4. The quantitative estimate of drug-likeness (QED) is 0.338. The lowest BCUT2D eigenvalue weighted by atomic mass is 10.1. The smallest absolute Gasteiger partial charge is 0.258 e. The first-order chi connectivity index (χ1) is 14.9. The summed E-state index contributed by atoms with van der Waals surface area (Å²) in [6.07, 6.45) is 3.95. The summed E-state index contributed by atoms with van der Waals surface area (Å²) in [7, 11) is 0. The highest BCUT2D eigenvalue weighted by atomic mass is 19.1. The molecule has 4 rings (SSSR count). The summed E-state index contributed by atoms with van der Waals surface area (Å²) in [6.45, 7) is 2.06. The number of hydrogen-bond acceptors (Lipinski definition) is 7. The Morgan fingerprint density at radius 1 is 1.23 bits per heavy atom. The van der Waals surface area contributed by atoms with Gasteiger partial charge in [0.15, 0.2) is 11.6 Å². The van der Waals surface area contributed by atoms with E-state index >= 15 is 0 Å².